The number of hydrogen-bond donors (Lipinski definition) is 0. The van der Waals surface area contributed by atoms with Gasteiger partial charge in [-0.3, -0.25) is 0 Å². The number of hydrogen-bond acceptors (Lipinski definition) is 0. The predicted octanol–water partition coefficient (Wildman–Crippen LogP) is 38.5. The van der Waals surface area contributed by atoms with E-state index in [0.717, 1.165) is 0 Å². The number of benzene rings is 20. The van der Waals surface area contributed by atoms with Crippen LogP contribution in [-0.4, -0.2) is 0 Å². The molecule has 0 aliphatic rings. The van der Waals surface area contributed by atoms with Gasteiger partial charge in [-0.1, -0.05) is 434 Å². The van der Waals surface area contributed by atoms with E-state index >= 15 is 0 Å². The summed E-state index contributed by atoms with van der Waals surface area (Å²) in [6.07, 6.45) is 0. The third-order valence-electron chi connectivity index (χ3n) is 20.7. The van der Waals surface area contributed by atoms with Crippen LogP contribution in [0.3, 0.4) is 0 Å². The van der Waals surface area contributed by atoms with Gasteiger partial charge in [-0.15, -0.1) is 0 Å². The van der Waals surface area contributed by atoms with E-state index < -0.39 is 0 Å². The fourth-order valence-electron chi connectivity index (χ4n) is 15.8. The van der Waals surface area contributed by atoms with Gasteiger partial charge in [-0.05, 0) is 284 Å². The summed E-state index contributed by atoms with van der Waals surface area (Å²) >= 11 is 0. The molecule has 0 N–H and O–H groups in total. The Morgan fingerprint density at radius 3 is 0.720 bits per heavy atom. The zero-order chi connectivity index (χ0) is 87.6. The normalized spacial score (nSPS) is 10.0. The van der Waals surface area contributed by atoms with Crippen molar-refractivity contribution in [2.45, 2.75) is 222 Å². The van der Waals surface area contributed by atoms with Crippen molar-refractivity contribution in [3.63, 3.8) is 0 Å². The van der Waals surface area contributed by atoms with Gasteiger partial charge in [-0.25, -0.2) is 0 Å². The van der Waals surface area contributed by atoms with Gasteiger partial charge in [0.05, 0.1) is 0 Å². The molecule has 0 aromatic heterocycles. The van der Waals surface area contributed by atoms with Crippen molar-refractivity contribution >= 4 is 151 Å². The molecule has 0 aliphatic heterocycles. The van der Waals surface area contributed by atoms with Crippen molar-refractivity contribution in [2.75, 3.05) is 0 Å². The highest BCUT2D eigenvalue weighted by Crippen LogP contribution is 2.41. The van der Waals surface area contributed by atoms with E-state index in [0.29, 0.717) is 0 Å². The van der Waals surface area contributed by atoms with Gasteiger partial charge in [0.25, 0.3) is 0 Å². The van der Waals surface area contributed by atoms with Crippen molar-refractivity contribution in [3.05, 3.63) is 346 Å². The van der Waals surface area contributed by atoms with Crippen molar-refractivity contribution < 1.29 is 0 Å². The summed E-state index contributed by atoms with van der Waals surface area (Å²) in [5.41, 5.74) is 16.1. The molecule has 0 unspecified atom stereocenters. The van der Waals surface area contributed by atoms with Crippen LogP contribution in [0.4, 0.5) is 0 Å². The number of fused-ring (bicyclic) bond motifs is 7. The van der Waals surface area contributed by atoms with Gasteiger partial charge in [0, 0.05) is 0 Å². The molecule has 20 aromatic carbocycles. The maximum absolute atomic E-state index is 2.33. The first-order valence-corrected chi connectivity index (χ1v) is 44.7. The summed E-state index contributed by atoms with van der Waals surface area (Å²) in [4.78, 5) is 0. The highest BCUT2D eigenvalue weighted by Gasteiger charge is 2.15. The summed E-state index contributed by atoms with van der Waals surface area (Å²) in [6.45, 7) is 66.1. The van der Waals surface area contributed by atoms with Crippen molar-refractivity contribution in [1.29, 1.82) is 0 Å². The van der Waals surface area contributed by atoms with Crippen LogP contribution in [0.15, 0.2) is 279 Å². The first-order valence-electron chi connectivity index (χ1n) is 44.7. The third kappa shape index (κ3) is 22.2. The molecule has 614 valence electrons. The predicted molar refractivity (Wildman–Crippen MR) is 548 cm³/mol. The van der Waals surface area contributed by atoms with E-state index in [1.807, 2.05) is 138 Å². The fourth-order valence-corrected chi connectivity index (χ4v) is 15.8. The van der Waals surface area contributed by atoms with Crippen molar-refractivity contribution in [3.8, 4) is 0 Å². The minimum absolute atomic E-state index is 1.33. The van der Waals surface area contributed by atoms with Crippen molar-refractivity contribution in [2.24, 2.45) is 0 Å². The Hall–Kier alpha value is -11.2. The smallest absolute Gasteiger partial charge is 0.00239 e. The first kappa shape index (κ1) is 97.4. The average molecular weight is 1560 g/mol. The van der Waals surface area contributed by atoms with Gasteiger partial charge in [0.15, 0.2) is 0 Å². The van der Waals surface area contributed by atoms with E-state index in [1.165, 1.54) is 218 Å². The van der Waals surface area contributed by atoms with Gasteiger partial charge in [0.2, 0.25) is 0 Å². The molecule has 0 heteroatoms. The van der Waals surface area contributed by atoms with Gasteiger partial charge in [0.1, 0.15) is 0 Å². The van der Waals surface area contributed by atoms with E-state index in [2.05, 4.69) is 362 Å². The van der Waals surface area contributed by atoms with E-state index in [9.17, 15) is 0 Å². The molecule has 0 fully saturated rings. The molecule has 0 amide bonds. The fraction of sp³-hybridized carbons (Fsp3) is 0.271. The van der Waals surface area contributed by atoms with Crippen LogP contribution in [-0.2, 0) is 0 Å². The molecule has 0 radical (unpaired) electrons. The lowest BCUT2D eigenvalue weighted by atomic mass is 9.90. The summed E-state index contributed by atoms with van der Waals surface area (Å²) in [7, 11) is 0. The lowest BCUT2D eigenvalue weighted by Crippen LogP contribution is -1.88. The van der Waals surface area contributed by atoms with Crippen LogP contribution >= 0.6 is 0 Å². The second-order valence-electron chi connectivity index (χ2n) is 27.9. The lowest BCUT2D eigenvalue weighted by Gasteiger charge is -2.14. The number of aryl methyl sites for hydroxylation is 12. The Kier molecular flexibility index (Phi) is 40.0. The molecule has 118 heavy (non-hydrogen) atoms. The van der Waals surface area contributed by atoms with Crippen LogP contribution in [0.1, 0.15) is 205 Å². The maximum Gasteiger partial charge on any atom is -0.00239 e. The largest absolute Gasteiger partial charge is 0.0683 e. The standard InChI is InChI=1S/C20H16.3C18H14.2C12H12.10C2H6/c1-13-11-19-18-10-6-4-8-16(18)14(2)12-20(19)17-9-5-3-7-15(13)17;1-11-9-13-5-4-8-16-12(2)10-14-6-3-7-15(11)17(14)18(13)16;1-11-7-13-3-5-15-9-12(2)10-16-6-4-14(8-11)17(13)18(15)16;1-11-3-5-13-8-10-16-12(2)4-6-14-7-9-15(11)17(13)18(14)16;1-9-3-5-11-6-4-10(2)8-12(11)7-9;1-9-6-7-12-10(2)4-3-5-11(12)8-9;10*1-2/h3-12H,1-2H3;3*3-10H,1-2H3;2*3-8H,1-2H3;10*1-2H3. The molecular formula is C118H142. The third-order valence-corrected chi connectivity index (χ3v) is 20.7. The summed E-state index contributed by atoms with van der Waals surface area (Å²) < 4.78 is 0. The highest BCUT2D eigenvalue weighted by molar-refractivity contribution is 6.27. The minimum atomic E-state index is 1.33. The number of rotatable bonds is 0. The summed E-state index contributed by atoms with van der Waals surface area (Å²) in [5.74, 6) is 0. The topological polar surface area (TPSA) is 0 Å². The van der Waals surface area contributed by atoms with Crippen LogP contribution in [0.25, 0.3) is 151 Å². The molecule has 20 rings (SSSR count). The van der Waals surface area contributed by atoms with Crippen LogP contribution < -0.4 is 0 Å². The Bertz CT molecular complexity index is 6000. The van der Waals surface area contributed by atoms with E-state index in [4.69, 9.17) is 0 Å². The second kappa shape index (κ2) is 48.5. The average Bonchev–Trinajstić information content (AvgIpc) is 0.755. The molecule has 0 bridgehead atoms. The first-order chi connectivity index (χ1) is 57.5. The van der Waals surface area contributed by atoms with Crippen LogP contribution in [0.2, 0.25) is 0 Å². The SMILES string of the molecule is CC.CC.CC.CC.CC.CC.CC.CC.CC.CC.Cc1cc2c3ccccc3c(C)cc2c2ccccc12.Cc1cc2ccc3cc(C)cc4ccc(c1)c2c34.Cc1cc2cccc3c(C)cc4cccc1c4c23.Cc1ccc2c(C)cccc2c1.Cc1ccc2ccc(C)cc2c1.Cc1ccc2ccc3c(C)ccc4ccc1c2c43. The zero-order valence-corrected chi connectivity index (χ0v) is 78.6. The molecule has 0 saturated carbocycles. The molecule has 0 spiro atoms. The molecule has 0 atom stereocenters. The van der Waals surface area contributed by atoms with Gasteiger partial charge >= 0.3 is 0 Å². The summed E-state index contributed by atoms with van der Waals surface area (Å²) in [5, 5.41) is 38.4. The monoisotopic (exact) mass is 1560 g/mol. The molecule has 0 nitrogen and oxygen atoms in total. The molecule has 20 aromatic rings. The minimum Gasteiger partial charge on any atom is -0.0683 e. The maximum atomic E-state index is 2.33. The van der Waals surface area contributed by atoms with Crippen LogP contribution in [0, 0.1) is 83.1 Å². The van der Waals surface area contributed by atoms with Crippen LogP contribution in [0.5, 0.6) is 0 Å². The van der Waals surface area contributed by atoms with Gasteiger partial charge in [-0.2, -0.15) is 0 Å². The Morgan fingerprint density at radius 2 is 0.347 bits per heavy atom. The summed E-state index contributed by atoms with van der Waals surface area (Å²) in [6, 6.07) is 102. The Labute approximate surface area is 713 Å². The van der Waals surface area contributed by atoms with E-state index in [-0.39, 0.29) is 0 Å². The molecule has 0 aliphatic carbocycles. The Morgan fingerprint density at radius 1 is 0.110 bits per heavy atom. The Balaban J connectivity index is 0.000000243. The molecular weight excluding hydrogens is 1420 g/mol. The lowest BCUT2D eigenvalue weighted by molar-refractivity contribution is 1.47. The quantitative estimate of drug-likeness (QED) is 0.133. The highest BCUT2D eigenvalue weighted by atomic mass is 14.2. The van der Waals surface area contributed by atoms with Crippen molar-refractivity contribution in [1.82, 2.24) is 0 Å². The van der Waals surface area contributed by atoms with E-state index in [1.54, 1.807) is 0 Å². The zero-order valence-electron chi connectivity index (χ0n) is 78.6. The second-order valence-corrected chi connectivity index (χ2v) is 27.9. The van der Waals surface area contributed by atoms with Gasteiger partial charge < -0.3 is 0 Å². The molecule has 0 saturated heterocycles. The molecule has 0 heterocycles.